The van der Waals surface area contributed by atoms with Gasteiger partial charge in [0.2, 0.25) is 5.91 Å². The number of benzene rings is 3. The Balaban J connectivity index is 1.69. The van der Waals surface area contributed by atoms with Crippen molar-refractivity contribution in [2.75, 3.05) is 11.6 Å². The first-order chi connectivity index (χ1) is 13.0. The van der Waals surface area contributed by atoms with Crippen molar-refractivity contribution in [3.63, 3.8) is 0 Å². The van der Waals surface area contributed by atoms with Crippen LogP contribution in [0.3, 0.4) is 0 Å². The van der Waals surface area contributed by atoms with Crippen molar-refractivity contribution < 1.29 is 14.4 Å². The van der Waals surface area contributed by atoms with Gasteiger partial charge >= 0.3 is 0 Å². The van der Waals surface area contributed by atoms with E-state index in [0.717, 1.165) is 20.1 Å². The second-order valence-electron chi connectivity index (χ2n) is 6.35. The summed E-state index contributed by atoms with van der Waals surface area (Å²) in [7, 11) is 0. The van der Waals surface area contributed by atoms with Crippen LogP contribution in [0.2, 0.25) is 0 Å². The van der Waals surface area contributed by atoms with Gasteiger partial charge in [0.1, 0.15) is 6.67 Å². The number of nitrogens with zero attached hydrogens (tertiary/aromatic N) is 2. The van der Waals surface area contributed by atoms with E-state index in [2.05, 4.69) is 15.9 Å². The van der Waals surface area contributed by atoms with Crippen LogP contribution >= 0.6 is 15.9 Å². The third-order valence-corrected chi connectivity index (χ3v) is 5.13. The Hall–Kier alpha value is -2.99. The number of carbonyl (C=O) groups is 3. The van der Waals surface area contributed by atoms with E-state index >= 15 is 0 Å². The van der Waals surface area contributed by atoms with Crippen molar-refractivity contribution >= 4 is 50.1 Å². The first-order valence-corrected chi connectivity index (χ1v) is 9.17. The van der Waals surface area contributed by atoms with Gasteiger partial charge in [-0.3, -0.25) is 24.2 Å². The molecule has 1 aliphatic heterocycles. The Morgan fingerprint density at radius 1 is 0.926 bits per heavy atom. The second kappa shape index (κ2) is 6.63. The maximum atomic E-state index is 12.7. The topological polar surface area (TPSA) is 57.7 Å². The predicted molar refractivity (Wildman–Crippen MR) is 107 cm³/mol. The molecule has 0 aliphatic carbocycles. The molecule has 0 N–H and O–H groups in total. The van der Waals surface area contributed by atoms with Gasteiger partial charge in [-0.05, 0) is 41.1 Å². The Labute approximate surface area is 164 Å². The lowest BCUT2D eigenvalue weighted by Crippen LogP contribution is -2.43. The predicted octanol–water partition coefficient (Wildman–Crippen LogP) is 4.21. The summed E-state index contributed by atoms with van der Waals surface area (Å²) >= 11 is 3.32. The molecular weight excluding hydrogens is 408 g/mol. The molecule has 4 rings (SSSR count). The SMILES string of the molecule is CC(=O)N(CN1C(=O)c2ccc(Br)cc2C1=O)c1ccc2ccccc2c1. The summed E-state index contributed by atoms with van der Waals surface area (Å²) in [5, 5.41) is 2.03. The first kappa shape index (κ1) is 17.4. The average Bonchev–Trinajstić information content (AvgIpc) is 2.89. The van der Waals surface area contributed by atoms with Gasteiger partial charge in [-0.1, -0.05) is 46.3 Å². The first-order valence-electron chi connectivity index (χ1n) is 8.38. The molecule has 27 heavy (non-hydrogen) atoms. The molecule has 3 aromatic rings. The Kier molecular flexibility index (Phi) is 4.28. The Morgan fingerprint density at radius 3 is 2.37 bits per heavy atom. The van der Waals surface area contributed by atoms with Gasteiger partial charge in [0.15, 0.2) is 0 Å². The fourth-order valence-corrected chi connectivity index (χ4v) is 3.60. The van der Waals surface area contributed by atoms with Gasteiger partial charge in [-0.25, -0.2) is 0 Å². The number of hydrogen-bond donors (Lipinski definition) is 0. The molecule has 6 heteroatoms. The molecule has 1 heterocycles. The third-order valence-electron chi connectivity index (χ3n) is 4.64. The zero-order valence-electron chi connectivity index (χ0n) is 14.5. The number of imide groups is 1. The highest BCUT2D eigenvalue weighted by Gasteiger charge is 2.37. The van der Waals surface area contributed by atoms with Crippen LogP contribution in [0.1, 0.15) is 27.6 Å². The summed E-state index contributed by atoms with van der Waals surface area (Å²) in [4.78, 5) is 40.2. The maximum absolute atomic E-state index is 12.7. The van der Waals surface area contributed by atoms with E-state index in [1.165, 1.54) is 11.8 Å². The molecule has 0 bridgehead atoms. The van der Waals surface area contributed by atoms with Gasteiger partial charge in [0.05, 0.1) is 11.1 Å². The standard InChI is InChI=1S/C21H15BrN2O3/c1-13(25)23(17-8-6-14-4-2-3-5-15(14)10-17)12-24-20(26)18-9-7-16(22)11-19(18)21(24)27/h2-11H,12H2,1H3. The zero-order valence-corrected chi connectivity index (χ0v) is 16.1. The molecular formula is C21H15BrN2O3. The maximum Gasteiger partial charge on any atom is 0.263 e. The molecule has 3 amide bonds. The Bertz CT molecular complexity index is 1110. The van der Waals surface area contributed by atoms with Gasteiger partial charge in [-0.15, -0.1) is 0 Å². The van der Waals surface area contributed by atoms with Crippen molar-refractivity contribution in [3.05, 3.63) is 76.3 Å². The van der Waals surface area contributed by atoms with Crippen LogP contribution in [0, 0.1) is 0 Å². The van der Waals surface area contributed by atoms with E-state index in [1.807, 2.05) is 42.5 Å². The summed E-state index contributed by atoms with van der Waals surface area (Å²) in [6, 6.07) is 18.4. The molecule has 0 aromatic heterocycles. The van der Waals surface area contributed by atoms with E-state index in [4.69, 9.17) is 0 Å². The zero-order chi connectivity index (χ0) is 19.1. The fourth-order valence-electron chi connectivity index (χ4n) is 3.24. The monoisotopic (exact) mass is 422 g/mol. The molecule has 1 aliphatic rings. The van der Waals surface area contributed by atoms with E-state index < -0.39 is 11.8 Å². The third kappa shape index (κ3) is 3.02. The summed E-state index contributed by atoms with van der Waals surface area (Å²) in [5.74, 6) is -1.04. The lowest BCUT2D eigenvalue weighted by atomic mass is 10.1. The van der Waals surface area contributed by atoms with Gasteiger partial charge < -0.3 is 0 Å². The summed E-state index contributed by atoms with van der Waals surface area (Å²) in [5.41, 5.74) is 1.33. The number of hydrogen-bond acceptors (Lipinski definition) is 3. The van der Waals surface area contributed by atoms with Crippen LogP contribution in [0.5, 0.6) is 0 Å². The van der Waals surface area contributed by atoms with Crippen molar-refractivity contribution in [1.82, 2.24) is 4.90 Å². The van der Waals surface area contributed by atoms with Crippen LogP contribution in [0.15, 0.2) is 65.1 Å². The summed E-state index contributed by atoms with van der Waals surface area (Å²) in [6.07, 6.45) is 0. The highest BCUT2D eigenvalue weighted by Crippen LogP contribution is 2.28. The van der Waals surface area contributed by atoms with Crippen molar-refractivity contribution in [3.8, 4) is 0 Å². The van der Waals surface area contributed by atoms with E-state index in [0.29, 0.717) is 16.8 Å². The van der Waals surface area contributed by atoms with E-state index in [1.54, 1.807) is 18.2 Å². The van der Waals surface area contributed by atoms with Crippen LogP contribution in [0.25, 0.3) is 10.8 Å². The van der Waals surface area contributed by atoms with Crippen LogP contribution in [-0.4, -0.2) is 29.3 Å². The normalized spacial score (nSPS) is 13.2. The summed E-state index contributed by atoms with van der Waals surface area (Å²) < 4.78 is 0.724. The minimum Gasteiger partial charge on any atom is -0.294 e. The van der Waals surface area contributed by atoms with Crippen molar-refractivity contribution in [2.45, 2.75) is 6.92 Å². The molecule has 5 nitrogen and oxygen atoms in total. The van der Waals surface area contributed by atoms with Crippen molar-refractivity contribution in [2.24, 2.45) is 0 Å². The van der Waals surface area contributed by atoms with Gasteiger partial charge in [0, 0.05) is 17.1 Å². The number of anilines is 1. The van der Waals surface area contributed by atoms with Crippen LogP contribution in [0.4, 0.5) is 5.69 Å². The molecule has 0 saturated heterocycles. The minimum absolute atomic E-state index is 0.127. The molecule has 0 radical (unpaired) electrons. The molecule has 0 spiro atoms. The lowest BCUT2D eigenvalue weighted by Gasteiger charge is -2.26. The van der Waals surface area contributed by atoms with Crippen LogP contribution in [-0.2, 0) is 4.79 Å². The second-order valence-corrected chi connectivity index (χ2v) is 7.26. The van der Waals surface area contributed by atoms with Crippen LogP contribution < -0.4 is 4.90 Å². The quantitative estimate of drug-likeness (QED) is 0.594. The summed E-state index contributed by atoms with van der Waals surface area (Å²) in [6.45, 7) is 1.29. The number of rotatable bonds is 3. The minimum atomic E-state index is -0.400. The molecule has 0 unspecified atom stereocenters. The number of amides is 3. The van der Waals surface area contributed by atoms with E-state index in [9.17, 15) is 14.4 Å². The molecule has 134 valence electrons. The van der Waals surface area contributed by atoms with Crippen molar-refractivity contribution in [1.29, 1.82) is 0 Å². The largest absolute Gasteiger partial charge is 0.294 e. The smallest absolute Gasteiger partial charge is 0.263 e. The molecule has 3 aromatic carbocycles. The highest BCUT2D eigenvalue weighted by molar-refractivity contribution is 9.10. The van der Waals surface area contributed by atoms with E-state index in [-0.39, 0.29) is 12.6 Å². The Morgan fingerprint density at radius 2 is 1.63 bits per heavy atom. The lowest BCUT2D eigenvalue weighted by molar-refractivity contribution is -0.116. The number of fused-ring (bicyclic) bond motifs is 2. The number of carbonyl (C=O) groups excluding carboxylic acids is 3. The molecule has 0 fully saturated rings. The molecule has 0 atom stereocenters. The van der Waals surface area contributed by atoms with Gasteiger partial charge in [-0.2, -0.15) is 0 Å². The number of halogens is 1. The van der Waals surface area contributed by atoms with Gasteiger partial charge in [0.25, 0.3) is 11.8 Å². The average molecular weight is 423 g/mol. The fraction of sp³-hybridized carbons (Fsp3) is 0.0952. The molecule has 0 saturated carbocycles. The highest BCUT2D eigenvalue weighted by atomic mass is 79.9.